The zero-order chi connectivity index (χ0) is 15.9. The van der Waals surface area contributed by atoms with Crippen LogP contribution in [0.3, 0.4) is 0 Å². The van der Waals surface area contributed by atoms with Gasteiger partial charge in [0.2, 0.25) is 5.91 Å². The van der Waals surface area contributed by atoms with Crippen molar-refractivity contribution in [2.45, 2.75) is 79.2 Å². The topological polar surface area (TPSA) is 32.3 Å². The van der Waals surface area contributed by atoms with Gasteiger partial charge in [0, 0.05) is 19.1 Å². The van der Waals surface area contributed by atoms with Crippen LogP contribution in [0.5, 0.6) is 0 Å². The number of hydrogen-bond acceptors (Lipinski definition) is 2. The van der Waals surface area contributed by atoms with Crippen LogP contribution in [-0.2, 0) is 4.79 Å². The average molecular weight is 296 g/mol. The standard InChI is InChI=1S/C18H36N2O/c1-6-10-18(11-9-12-19-14-18)17(21)20(13-15(4)5)16(7-2)8-3/h15-16,19H,6-14H2,1-5H3. The molecule has 1 rings (SSSR count). The molecule has 3 heteroatoms. The van der Waals surface area contributed by atoms with Crippen molar-refractivity contribution in [2.75, 3.05) is 19.6 Å². The number of rotatable bonds is 8. The molecule has 1 aliphatic rings. The quantitative estimate of drug-likeness (QED) is 0.738. The van der Waals surface area contributed by atoms with Crippen LogP contribution in [0.4, 0.5) is 0 Å². The van der Waals surface area contributed by atoms with E-state index in [2.05, 4.69) is 44.8 Å². The van der Waals surface area contributed by atoms with Crippen molar-refractivity contribution in [3.63, 3.8) is 0 Å². The number of carbonyl (C=O) groups is 1. The molecule has 1 atom stereocenters. The smallest absolute Gasteiger partial charge is 0.230 e. The fraction of sp³-hybridized carbons (Fsp3) is 0.944. The van der Waals surface area contributed by atoms with Crippen molar-refractivity contribution >= 4 is 5.91 Å². The lowest BCUT2D eigenvalue weighted by molar-refractivity contribution is -0.147. The maximum absolute atomic E-state index is 13.4. The van der Waals surface area contributed by atoms with Gasteiger partial charge in [0.05, 0.1) is 5.41 Å². The number of hydrogen-bond donors (Lipinski definition) is 1. The minimum atomic E-state index is -0.148. The summed E-state index contributed by atoms with van der Waals surface area (Å²) < 4.78 is 0. The van der Waals surface area contributed by atoms with Gasteiger partial charge < -0.3 is 10.2 Å². The van der Waals surface area contributed by atoms with Crippen LogP contribution in [0.15, 0.2) is 0 Å². The summed E-state index contributed by atoms with van der Waals surface area (Å²) in [5, 5.41) is 3.48. The molecule has 0 aromatic heterocycles. The fourth-order valence-corrected chi connectivity index (χ4v) is 3.77. The van der Waals surface area contributed by atoms with E-state index in [1.54, 1.807) is 0 Å². The van der Waals surface area contributed by atoms with E-state index in [4.69, 9.17) is 0 Å². The first-order valence-corrected chi connectivity index (χ1v) is 9.02. The second-order valence-electron chi connectivity index (χ2n) is 7.13. The molecule has 1 heterocycles. The fourth-order valence-electron chi connectivity index (χ4n) is 3.77. The molecule has 0 saturated carbocycles. The van der Waals surface area contributed by atoms with Crippen molar-refractivity contribution in [3.05, 3.63) is 0 Å². The Bertz CT molecular complexity index is 299. The molecule has 0 bridgehead atoms. The van der Waals surface area contributed by atoms with Gasteiger partial charge in [0.15, 0.2) is 0 Å². The highest BCUT2D eigenvalue weighted by Gasteiger charge is 2.42. The molecule has 1 saturated heterocycles. The largest absolute Gasteiger partial charge is 0.339 e. The van der Waals surface area contributed by atoms with E-state index in [1.807, 2.05) is 0 Å². The van der Waals surface area contributed by atoms with Crippen LogP contribution in [-0.4, -0.2) is 36.5 Å². The van der Waals surface area contributed by atoms with Crippen LogP contribution in [0, 0.1) is 11.3 Å². The van der Waals surface area contributed by atoms with E-state index in [1.165, 1.54) is 0 Å². The molecule has 0 aliphatic carbocycles. The molecule has 124 valence electrons. The van der Waals surface area contributed by atoms with Crippen LogP contribution in [0.2, 0.25) is 0 Å². The molecule has 21 heavy (non-hydrogen) atoms. The van der Waals surface area contributed by atoms with E-state index in [0.29, 0.717) is 17.9 Å². The first-order valence-electron chi connectivity index (χ1n) is 9.02. The predicted octanol–water partition coefficient (Wildman–Crippen LogP) is 3.83. The lowest BCUT2D eigenvalue weighted by Gasteiger charge is -2.43. The minimum Gasteiger partial charge on any atom is -0.339 e. The van der Waals surface area contributed by atoms with Gasteiger partial charge in [-0.1, -0.05) is 41.0 Å². The molecule has 0 aromatic rings. The average Bonchev–Trinajstić information content (AvgIpc) is 2.47. The van der Waals surface area contributed by atoms with Crippen molar-refractivity contribution < 1.29 is 4.79 Å². The second kappa shape index (κ2) is 8.77. The summed E-state index contributed by atoms with van der Waals surface area (Å²) in [7, 11) is 0. The monoisotopic (exact) mass is 296 g/mol. The molecule has 1 fully saturated rings. The number of nitrogens with one attached hydrogen (secondary N) is 1. The van der Waals surface area contributed by atoms with E-state index >= 15 is 0 Å². The Morgan fingerprint density at radius 3 is 2.33 bits per heavy atom. The Kier molecular flexibility index (Phi) is 7.72. The Labute approximate surface area is 131 Å². The molecule has 0 aromatic carbocycles. The Hall–Kier alpha value is -0.570. The maximum atomic E-state index is 13.4. The highest BCUT2D eigenvalue weighted by Crippen LogP contribution is 2.35. The van der Waals surface area contributed by atoms with Gasteiger partial charge in [0.25, 0.3) is 0 Å². The van der Waals surface area contributed by atoms with Crippen LogP contribution >= 0.6 is 0 Å². The number of nitrogens with zero attached hydrogens (tertiary/aromatic N) is 1. The summed E-state index contributed by atoms with van der Waals surface area (Å²) >= 11 is 0. The zero-order valence-corrected chi connectivity index (χ0v) is 14.9. The molecule has 1 aliphatic heterocycles. The van der Waals surface area contributed by atoms with E-state index in [9.17, 15) is 4.79 Å². The van der Waals surface area contributed by atoms with Crippen molar-refractivity contribution in [2.24, 2.45) is 11.3 Å². The summed E-state index contributed by atoms with van der Waals surface area (Å²) in [5.74, 6) is 0.948. The lowest BCUT2D eigenvalue weighted by atomic mass is 9.75. The SMILES string of the molecule is CCCC1(C(=O)N(CC(C)C)C(CC)CC)CCCNC1. The summed E-state index contributed by atoms with van der Waals surface area (Å²) in [6.45, 7) is 13.9. The lowest BCUT2D eigenvalue weighted by Crippen LogP contribution is -2.55. The zero-order valence-electron chi connectivity index (χ0n) is 14.9. The molecule has 3 nitrogen and oxygen atoms in total. The molecule has 1 amide bonds. The van der Waals surface area contributed by atoms with Gasteiger partial charge >= 0.3 is 0 Å². The Morgan fingerprint density at radius 1 is 1.24 bits per heavy atom. The second-order valence-corrected chi connectivity index (χ2v) is 7.13. The highest BCUT2D eigenvalue weighted by atomic mass is 16.2. The van der Waals surface area contributed by atoms with Gasteiger partial charge in [-0.2, -0.15) is 0 Å². The number of carbonyl (C=O) groups excluding carboxylic acids is 1. The highest BCUT2D eigenvalue weighted by molar-refractivity contribution is 5.83. The normalized spacial score (nSPS) is 22.8. The van der Waals surface area contributed by atoms with E-state index < -0.39 is 0 Å². The van der Waals surface area contributed by atoms with Crippen LogP contribution in [0.1, 0.15) is 73.1 Å². The van der Waals surface area contributed by atoms with Crippen molar-refractivity contribution in [1.29, 1.82) is 0 Å². The third-order valence-electron chi connectivity index (χ3n) is 4.86. The Morgan fingerprint density at radius 2 is 1.90 bits per heavy atom. The minimum absolute atomic E-state index is 0.148. The first-order chi connectivity index (χ1) is 10.0. The summed E-state index contributed by atoms with van der Waals surface area (Å²) in [6.07, 6.45) is 6.42. The molecular formula is C18H36N2O. The van der Waals surface area contributed by atoms with Gasteiger partial charge in [-0.05, 0) is 44.6 Å². The number of piperidine rings is 1. The van der Waals surface area contributed by atoms with Gasteiger partial charge in [-0.3, -0.25) is 4.79 Å². The van der Waals surface area contributed by atoms with Gasteiger partial charge in [-0.25, -0.2) is 0 Å². The molecular weight excluding hydrogens is 260 g/mol. The molecule has 1 unspecified atom stereocenters. The van der Waals surface area contributed by atoms with E-state index in [0.717, 1.165) is 58.2 Å². The van der Waals surface area contributed by atoms with E-state index in [-0.39, 0.29) is 5.41 Å². The summed E-state index contributed by atoms with van der Waals surface area (Å²) in [4.78, 5) is 15.6. The molecule has 1 N–H and O–H groups in total. The first kappa shape index (κ1) is 18.5. The van der Waals surface area contributed by atoms with Gasteiger partial charge in [0.1, 0.15) is 0 Å². The summed E-state index contributed by atoms with van der Waals surface area (Å²) in [6, 6.07) is 0.399. The number of amides is 1. The third-order valence-corrected chi connectivity index (χ3v) is 4.86. The predicted molar refractivity (Wildman–Crippen MR) is 90.4 cm³/mol. The van der Waals surface area contributed by atoms with Crippen LogP contribution in [0.25, 0.3) is 0 Å². The molecule has 0 spiro atoms. The third kappa shape index (κ3) is 4.70. The van der Waals surface area contributed by atoms with Crippen LogP contribution < -0.4 is 5.32 Å². The summed E-state index contributed by atoms with van der Waals surface area (Å²) in [5.41, 5.74) is -0.148. The van der Waals surface area contributed by atoms with Crippen molar-refractivity contribution in [1.82, 2.24) is 10.2 Å². The molecule has 0 radical (unpaired) electrons. The maximum Gasteiger partial charge on any atom is 0.230 e. The van der Waals surface area contributed by atoms with Crippen molar-refractivity contribution in [3.8, 4) is 0 Å². The Balaban J connectivity index is 2.98. The van der Waals surface area contributed by atoms with Gasteiger partial charge in [-0.15, -0.1) is 0 Å².